The zero-order valence-corrected chi connectivity index (χ0v) is 11.7. The Balaban J connectivity index is 2.08. The van der Waals surface area contributed by atoms with Crippen LogP contribution in [0.15, 0.2) is 65.7 Å². The SMILES string of the molecule is O=S(=O)(Nc1cccc2cccnc12)c1ccccc1O. The number of aromatic hydroxyl groups is 1. The minimum Gasteiger partial charge on any atom is -0.507 e. The van der Waals surface area contributed by atoms with Gasteiger partial charge in [0.05, 0.1) is 11.2 Å². The maximum atomic E-state index is 12.4. The van der Waals surface area contributed by atoms with Crippen LogP contribution in [0.25, 0.3) is 10.9 Å². The number of nitrogens with one attached hydrogen (secondary N) is 1. The van der Waals surface area contributed by atoms with E-state index in [0.29, 0.717) is 11.2 Å². The molecule has 5 nitrogen and oxygen atoms in total. The highest BCUT2D eigenvalue weighted by Gasteiger charge is 2.19. The molecule has 2 N–H and O–H groups in total. The molecule has 1 heterocycles. The first-order valence-electron chi connectivity index (χ1n) is 6.22. The molecular weight excluding hydrogens is 288 g/mol. The molecule has 6 heteroatoms. The van der Waals surface area contributed by atoms with Crippen molar-refractivity contribution in [2.75, 3.05) is 4.72 Å². The molecule has 0 aliphatic carbocycles. The number of hydrogen-bond donors (Lipinski definition) is 2. The molecule has 0 fully saturated rings. The van der Waals surface area contributed by atoms with E-state index in [1.807, 2.05) is 12.1 Å². The van der Waals surface area contributed by atoms with E-state index in [4.69, 9.17) is 0 Å². The summed E-state index contributed by atoms with van der Waals surface area (Å²) in [7, 11) is -3.88. The van der Waals surface area contributed by atoms with Crippen molar-refractivity contribution in [2.45, 2.75) is 4.90 Å². The van der Waals surface area contributed by atoms with Crippen LogP contribution in [0.1, 0.15) is 0 Å². The lowest BCUT2D eigenvalue weighted by Crippen LogP contribution is -2.13. The number of aromatic nitrogens is 1. The third kappa shape index (κ3) is 2.53. The minimum absolute atomic E-state index is 0.169. The Kier molecular flexibility index (Phi) is 3.23. The summed E-state index contributed by atoms with van der Waals surface area (Å²) in [5.74, 6) is -0.293. The van der Waals surface area contributed by atoms with Crippen molar-refractivity contribution in [3.63, 3.8) is 0 Å². The molecule has 0 saturated heterocycles. The van der Waals surface area contributed by atoms with Gasteiger partial charge in [-0.05, 0) is 24.3 Å². The van der Waals surface area contributed by atoms with Gasteiger partial charge < -0.3 is 5.11 Å². The fraction of sp³-hybridized carbons (Fsp3) is 0. The summed E-state index contributed by atoms with van der Waals surface area (Å²) >= 11 is 0. The van der Waals surface area contributed by atoms with E-state index in [1.165, 1.54) is 12.1 Å². The zero-order valence-electron chi connectivity index (χ0n) is 10.9. The third-order valence-electron chi connectivity index (χ3n) is 3.03. The van der Waals surface area contributed by atoms with Crippen LogP contribution in [0.3, 0.4) is 0 Å². The molecule has 0 atom stereocenters. The van der Waals surface area contributed by atoms with Gasteiger partial charge in [0.1, 0.15) is 10.6 Å². The van der Waals surface area contributed by atoms with Gasteiger partial charge >= 0.3 is 0 Å². The number of pyridine rings is 1. The van der Waals surface area contributed by atoms with E-state index in [2.05, 4.69) is 9.71 Å². The monoisotopic (exact) mass is 300 g/mol. The van der Waals surface area contributed by atoms with Crippen molar-refractivity contribution >= 4 is 26.6 Å². The highest BCUT2D eigenvalue weighted by molar-refractivity contribution is 7.92. The van der Waals surface area contributed by atoms with Gasteiger partial charge in [-0.3, -0.25) is 9.71 Å². The molecular formula is C15H12N2O3S. The first-order chi connectivity index (χ1) is 10.1. The Morgan fingerprint density at radius 1 is 0.952 bits per heavy atom. The number of benzene rings is 2. The molecule has 0 aliphatic rings. The molecule has 2 aromatic carbocycles. The molecule has 0 spiro atoms. The van der Waals surface area contributed by atoms with Crippen LogP contribution in [0, 0.1) is 0 Å². The second kappa shape index (κ2) is 5.06. The Bertz CT molecular complexity index is 902. The van der Waals surface area contributed by atoms with Crippen LogP contribution in [-0.2, 0) is 10.0 Å². The van der Waals surface area contributed by atoms with E-state index >= 15 is 0 Å². The Labute approximate surface area is 121 Å². The summed E-state index contributed by atoms with van der Waals surface area (Å²) in [6, 6.07) is 14.6. The quantitative estimate of drug-likeness (QED) is 0.779. The highest BCUT2D eigenvalue weighted by Crippen LogP contribution is 2.27. The molecule has 21 heavy (non-hydrogen) atoms. The maximum Gasteiger partial charge on any atom is 0.265 e. The second-order valence-electron chi connectivity index (χ2n) is 4.45. The molecule has 0 unspecified atom stereocenters. The van der Waals surface area contributed by atoms with Gasteiger partial charge in [-0.15, -0.1) is 0 Å². The number of para-hydroxylation sites is 2. The summed E-state index contributed by atoms with van der Waals surface area (Å²) in [5.41, 5.74) is 0.926. The van der Waals surface area contributed by atoms with Crippen molar-refractivity contribution in [3.8, 4) is 5.75 Å². The number of rotatable bonds is 3. The maximum absolute atomic E-state index is 12.4. The summed E-state index contributed by atoms with van der Waals surface area (Å²) in [6.07, 6.45) is 1.60. The molecule has 3 rings (SSSR count). The molecule has 106 valence electrons. The van der Waals surface area contributed by atoms with Crippen molar-refractivity contribution in [1.29, 1.82) is 0 Å². The zero-order chi connectivity index (χ0) is 14.9. The normalized spacial score (nSPS) is 11.4. The van der Waals surface area contributed by atoms with Crippen LogP contribution >= 0.6 is 0 Å². The smallest absolute Gasteiger partial charge is 0.265 e. The second-order valence-corrected chi connectivity index (χ2v) is 6.10. The van der Waals surface area contributed by atoms with Crippen LogP contribution < -0.4 is 4.72 Å². The molecule has 0 saturated carbocycles. The number of fused-ring (bicyclic) bond motifs is 1. The third-order valence-corrected chi connectivity index (χ3v) is 4.44. The molecule has 0 radical (unpaired) electrons. The molecule has 1 aromatic heterocycles. The fourth-order valence-electron chi connectivity index (χ4n) is 2.07. The van der Waals surface area contributed by atoms with E-state index in [0.717, 1.165) is 5.39 Å². The lowest BCUT2D eigenvalue weighted by molar-refractivity contribution is 0.459. The van der Waals surface area contributed by atoms with E-state index < -0.39 is 10.0 Å². The standard InChI is InChI=1S/C15H12N2O3S/c18-13-8-1-2-9-14(13)21(19,20)17-12-7-3-5-11-6-4-10-16-15(11)12/h1-10,17-18H. The number of nitrogens with zero attached hydrogens (tertiary/aromatic N) is 1. The highest BCUT2D eigenvalue weighted by atomic mass is 32.2. The van der Waals surface area contributed by atoms with Gasteiger partial charge in [0, 0.05) is 11.6 Å². The van der Waals surface area contributed by atoms with Gasteiger partial charge in [-0.1, -0.05) is 30.3 Å². The number of hydrogen-bond acceptors (Lipinski definition) is 4. The largest absolute Gasteiger partial charge is 0.507 e. The Morgan fingerprint density at radius 2 is 1.71 bits per heavy atom. The average Bonchev–Trinajstić information content (AvgIpc) is 2.47. The Hall–Kier alpha value is -2.60. The van der Waals surface area contributed by atoms with Crippen LogP contribution in [0.4, 0.5) is 5.69 Å². The van der Waals surface area contributed by atoms with Gasteiger partial charge in [0.2, 0.25) is 0 Å². The lowest BCUT2D eigenvalue weighted by atomic mass is 10.2. The lowest BCUT2D eigenvalue weighted by Gasteiger charge is -2.11. The van der Waals surface area contributed by atoms with E-state index in [1.54, 1.807) is 36.5 Å². The van der Waals surface area contributed by atoms with Crippen molar-refractivity contribution in [1.82, 2.24) is 4.98 Å². The van der Waals surface area contributed by atoms with Gasteiger partial charge in [0.25, 0.3) is 10.0 Å². The van der Waals surface area contributed by atoms with Gasteiger partial charge in [0.15, 0.2) is 0 Å². The predicted octanol–water partition coefficient (Wildman–Crippen LogP) is 2.74. The van der Waals surface area contributed by atoms with Crippen molar-refractivity contribution in [2.24, 2.45) is 0 Å². The van der Waals surface area contributed by atoms with Gasteiger partial charge in [-0.2, -0.15) is 0 Å². The van der Waals surface area contributed by atoms with Crippen LogP contribution in [-0.4, -0.2) is 18.5 Å². The predicted molar refractivity (Wildman–Crippen MR) is 80.7 cm³/mol. The fourth-order valence-corrected chi connectivity index (χ4v) is 3.24. The summed E-state index contributed by atoms with van der Waals surface area (Å²) in [6.45, 7) is 0. The molecule has 0 aliphatic heterocycles. The molecule has 0 bridgehead atoms. The van der Waals surface area contributed by atoms with Crippen LogP contribution in [0.5, 0.6) is 5.75 Å². The molecule has 3 aromatic rings. The van der Waals surface area contributed by atoms with Crippen LogP contribution in [0.2, 0.25) is 0 Å². The first kappa shape index (κ1) is 13.4. The van der Waals surface area contributed by atoms with Gasteiger partial charge in [-0.25, -0.2) is 8.42 Å². The van der Waals surface area contributed by atoms with Crippen molar-refractivity contribution < 1.29 is 13.5 Å². The minimum atomic E-state index is -3.88. The Morgan fingerprint density at radius 3 is 2.52 bits per heavy atom. The average molecular weight is 300 g/mol. The first-order valence-corrected chi connectivity index (χ1v) is 7.71. The number of phenolic OH excluding ortho intramolecular Hbond substituents is 1. The van der Waals surface area contributed by atoms with E-state index in [-0.39, 0.29) is 10.6 Å². The summed E-state index contributed by atoms with van der Waals surface area (Å²) in [5, 5.41) is 10.5. The van der Waals surface area contributed by atoms with E-state index in [9.17, 15) is 13.5 Å². The topological polar surface area (TPSA) is 79.3 Å². The number of anilines is 1. The molecule has 0 amide bonds. The van der Waals surface area contributed by atoms with Crippen molar-refractivity contribution in [3.05, 3.63) is 60.8 Å². The summed E-state index contributed by atoms with van der Waals surface area (Å²) in [4.78, 5) is 4.02. The number of sulfonamides is 1. The summed E-state index contributed by atoms with van der Waals surface area (Å²) < 4.78 is 27.2. The number of phenols is 1.